The van der Waals surface area contributed by atoms with E-state index in [0.717, 1.165) is 11.4 Å². The summed E-state index contributed by atoms with van der Waals surface area (Å²) in [4.78, 5) is 0. The van der Waals surface area contributed by atoms with Crippen LogP contribution >= 0.6 is 0 Å². The third-order valence-corrected chi connectivity index (χ3v) is 10.9. The highest BCUT2D eigenvalue weighted by molar-refractivity contribution is 6.18. The van der Waals surface area contributed by atoms with Crippen molar-refractivity contribution >= 4 is 54.7 Å². The van der Waals surface area contributed by atoms with Crippen molar-refractivity contribution in [1.82, 2.24) is 4.57 Å². The lowest BCUT2D eigenvalue weighted by molar-refractivity contribution is 1.19. The Bertz CT molecular complexity index is 3050. The first-order valence-corrected chi connectivity index (χ1v) is 17.9. The highest BCUT2D eigenvalue weighted by atomic mass is 15.0. The quantitative estimate of drug-likeness (QED) is 0.199. The molecule has 1 N–H and O–H groups in total. The molecule has 2 heterocycles. The maximum Gasteiger partial charge on any atom is 0.0619 e. The second-order valence-electron chi connectivity index (χ2n) is 13.8. The molecule has 2 nitrogen and oxygen atoms in total. The number of rotatable bonds is 4. The Hall–Kier alpha value is -6.90. The van der Waals surface area contributed by atoms with Crippen molar-refractivity contribution < 1.29 is 0 Å². The smallest absolute Gasteiger partial charge is 0.0619 e. The van der Waals surface area contributed by atoms with E-state index in [1.54, 1.807) is 0 Å². The Balaban J connectivity index is 1.07. The van der Waals surface area contributed by atoms with Gasteiger partial charge in [0.05, 0.1) is 16.7 Å². The molecule has 0 bridgehead atoms. The van der Waals surface area contributed by atoms with Crippen molar-refractivity contribution in [2.24, 2.45) is 0 Å². The molecule has 0 radical (unpaired) electrons. The maximum atomic E-state index is 3.77. The fraction of sp³-hybridized carbons (Fsp3) is 0. The van der Waals surface area contributed by atoms with Gasteiger partial charge in [-0.1, -0.05) is 140 Å². The van der Waals surface area contributed by atoms with Gasteiger partial charge in [-0.25, -0.2) is 0 Å². The van der Waals surface area contributed by atoms with E-state index < -0.39 is 0 Å². The lowest BCUT2D eigenvalue weighted by atomic mass is 9.90. The molecular weight excluding hydrogens is 629 g/mol. The van der Waals surface area contributed by atoms with Crippen LogP contribution < -0.4 is 5.32 Å². The van der Waals surface area contributed by atoms with Crippen LogP contribution in [-0.4, -0.2) is 4.57 Å². The molecule has 1 aromatic heterocycles. The van der Waals surface area contributed by atoms with E-state index in [4.69, 9.17) is 0 Å². The zero-order valence-electron chi connectivity index (χ0n) is 28.3. The summed E-state index contributed by atoms with van der Waals surface area (Å²) in [6, 6.07) is 68.7. The van der Waals surface area contributed by atoms with Crippen molar-refractivity contribution in [1.29, 1.82) is 0 Å². The summed E-state index contributed by atoms with van der Waals surface area (Å²) in [6.45, 7) is 0. The lowest BCUT2D eigenvalue weighted by Crippen LogP contribution is -1.95. The average molecular weight is 661 g/mol. The summed E-state index contributed by atoms with van der Waals surface area (Å²) < 4.78 is 2.50. The number of nitrogens with zero attached hydrogens (tertiary/aromatic N) is 1. The van der Waals surface area contributed by atoms with Crippen LogP contribution in [0.4, 0.5) is 11.4 Å². The predicted molar refractivity (Wildman–Crippen MR) is 221 cm³/mol. The Kier molecular flexibility index (Phi) is 6.28. The lowest BCUT2D eigenvalue weighted by Gasteiger charge is -2.15. The van der Waals surface area contributed by atoms with Gasteiger partial charge in [0.15, 0.2) is 0 Å². The normalized spacial score (nSPS) is 11.8. The highest BCUT2D eigenvalue weighted by Gasteiger charge is 2.25. The molecule has 1 aliphatic rings. The third kappa shape index (κ3) is 4.38. The number of hydrogen-bond donors (Lipinski definition) is 1. The zero-order chi connectivity index (χ0) is 34.2. The molecule has 0 atom stereocenters. The first-order chi connectivity index (χ1) is 25.8. The van der Waals surface area contributed by atoms with Gasteiger partial charge in [-0.15, -0.1) is 0 Å². The van der Waals surface area contributed by atoms with Crippen LogP contribution in [0.1, 0.15) is 0 Å². The van der Waals surface area contributed by atoms with Gasteiger partial charge in [0.2, 0.25) is 0 Å². The summed E-state index contributed by atoms with van der Waals surface area (Å²) in [5.74, 6) is 0. The average Bonchev–Trinajstić information content (AvgIpc) is 3.48. The molecule has 0 unspecified atom stereocenters. The predicted octanol–water partition coefficient (Wildman–Crippen LogP) is 13.8. The Morgan fingerprint density at radius 2 is 0.923 bits per heavy atom. The first-order valence-electron chi connectivity index (χ1n) is 17.9. The van der Waals surface area contributed by atoms with Crippen molar-refractivity contribution in [2.45, 2.75) is 0 Å². The van der Waals surface area contributed by atoms with E-state index in [2.05, 4.69) is 198 Å². The van der Waals surface area contributed by atoms with Gasteiger partial charge in [-0.2, -0.15) is 0 Å². The summed E-state index contributed by atoms with van der Waals surface area (Å²) >= 11 is 0. The SMILES string of the molecule is c1cc(-c2ccc3c(c2)c2cccc4c2n3-c2ccccc2-c2cc3ccccc3cc2-4)cc(-c2ccccc2Nc2cccc3ccccc23)c1. The molecule has 2 heteroatoms. The van der Waals surface area contributed by atoms with Gasteiger partial charge in [0.1, 0.15) is 0 Å². The van der Waals surface area contributed by atoms with E-state index in [9.17, 15) is 0 Å². The van der Waals surface area contributed by atoms with Gasteiger partial charge in [0, 0.05) is 44.2 Å². The molecule has 1 aliphatic heterocycles. The second kappa shape index (κ2) is 11.3. The zero-order valence-corrected chi connectivity index (χ0v) is 28.3. The van der Waals surface area contributed by atoms with Crippen LogP contribution in [0.2, 0.25) is 0 Å². The van der Waals surface area contributed by atoms with Crippen molar-refractivity contribution in [3.05, 3.63) is 188 Å². The van der Waals surface area contributed by atoms with E-state index in [1.807, 2.05) is 0 Å². The summed E-state index contributed by atoms with van der Waals surface area (Å²) in [5, 5.41) is 11.3. The first kappa shape index (κ1) is 28.9. The molecule has 0 aliphatic carbocycles. The monoisotopic (exact) mass is 660 g/mol. The Morgan fingerprint density at radius 3 is 1.81 bits per heavy atom. The molecule has 0 fully saturated rings. The molecule has 0 saturated carbocycles. The number of para-hydroxylation sites is 3. The topological polar surface area (TPSA) is 17.0 Å². The largest absolute Gasteiger partial charge is 0.355 e. The number of benzene rings is 9. The number of nitrogens with one attached hydrogen (secondary N) is 1. The minimum Gasteiger partial charge on any atom is -0.355 e. The van der Waals surface area contributed by atoms with Gasteiger partial charge < -0.3 is 9.88 Å². The summed E-state index contributed by atoms with van der Waals surface area (Å²) in [7, 11) is 0. The molecule has 11 rings (SSSR count). The molecular formula is C50H32N2. The number of hydrogen-bond acceptors (Lipinski definition) is 1. The van der Waals surface area contributed by atoms with Crippen LogP contribution in [0.15, 0.2) is 188 Å². The maximum absolute atomic E-state index is 3.77. The fourth-order valence-corrected chi connectivity index (χ4v) is 8.49. The van der Waals surface area contributed by atoms with Crippen LogP contribution in [-0.2, 0) is 0 Å². The van der Waals surface area contributed by atoms with Gasteiger partial charge >= 0.3 is 0 Å². The molecule has 10 aromatic rings. The Morgan fingerprint density at radius 1 is 0.327 bits per heavy atom. The van der Waals surface area contributed by atoms with Crippen LogP contribution in [0.25, 0.3) is 93.5 Å². The second-order valence-corrected chi connectivity index (χ2v) is 13.8. The van der Waals surface area contributed by atoms with Crippen molar-refractivity contribution in [2.75, 3.05) is 5.32 Å². The van der Waals surface area contributed by atoms with Crippen LogP contribution in [0.5, 0.6) is 0 Å². The van der Waals surface area contributed by atoms with Gasteiger partial charge in [-0.05, 0) is 92.5 Å². The van der Waals surface area contributed by atoms with Crippen LogP contribution in [0.3, 0.4) is 0 Å². The number of anilines is 2. The minimum absolute atomic E-state index is 1.09. The molecule has 9 aromatic carbocycles. The standard InChI is InChI=1S/C50H32N2/c1-2-14-35-30-44-41-21-11-22-42-45-31-36(26-27-49(45)52(50(41)42)48-25-8-6-20-40(48)43(44)29-34(35)13-1)33-16-9-17-37(28-33)39-19-5-7-23-46(39)51-47-24-10-15-32-12-3-4-18-38(32)47/h1-31,51H. The molecule has 242 valence electrons. The highest BCUT2D eigenvalue weighted by Crippen LogP contribution is 2.48. The van der Waals surface area contributed by atoms with E-state index >= 15 is 0 Å². The fourth-order valence-electron chi connectivity index (χ4n) is 8.49. The van der Waals surface area contributed by atoms with Gasteiger partial charge in [0.25, 0.3) is 0 Å². The van der Waals surface area contributed by atoms with Crippen molar-refractivity contribution in [3.63, 3.8) is 0 Å². The van der Waals surface area contributed by atoms with Crippen LogP contribution in [0, 0.1) is 0 Å². The number of aromatic nitrogens is 1. The van der Waals surface area contributed by atoms with Crippen molar-refractivity contribution in [3.8, 4) is 50.2 Å². The summed E-state index contributed by atoms with van der Waals surface area (Å²) in [6.07, 6.45) is 0. The Labute approximate surface area is 301 Å². The molecule has 52 heavy (non-hydrogen) atoms. The number of fused-ring (bicyclic) bond motifs is 10. The molecule has 0 spiro atoms. The van der Waals surface area contributed by atoms with Gasteiger partial charge in [-0.3, -0.25) is 0 Å². The molecule has 0 saturated heterocycles. The third-order valence-electron chi connectivity index (χ3n) is 10.9. The minimum atomic E-state index is 1.09. The van der Waals surface area contributed by atoms with E-state index in [1.165, 1.54) is 93.5 Å². The molecule has 0 amide bonds. The van der Waals surface area contributed by atoms with E-state index in [-0.39, 0.29) is 0 Å². The summed E-state index contributed by atoms with van der Waals surface area (Å²) in [5.41, 5.74) is 15.7. The van der Waals surface area contributed by atoms with E-state index in [0.29, 0.717) is 0 Å².